The van der Waals surface area contributed by atoms with Crippen molar-refractivity contribution in [3.63, 3.8) is 0 Å². The predicted octanol–water partition coefficient (Wildman–Crippen LogP) is 2.38. The Balaban J connectivity index is 1.79. The molecule has 1 heterocycles. The maximum Gasteiger partial charge on any atom is 0.237 e. The summed E-state index contributed by atoms with van der Waals surface area (Å²) in [6.45, 7) is 3.89. The Morgan fingerprint density at radius 2 is 2.11 bits per heavy atom. The van der Waals surface area contributed by atoms with Gasteiger partial charge in [-0.2, -0.15) is 0 Å². The maximum absolute atomic E-state index is 12.0. The molecular weight excluding hydrogens is 228 g/mol. The van der Waals surface area contributed by atoms with Crippen LogP contribution < -0.4 is 10.6 Å². The van der Waals surface area contributed by atoms with Crippen molar-refractivity contribution in [3.05, 3.63) is 24.2 Å². The second-order valence-electron chi connectivity index (χ2n) is 5.12. The predicted molar refractivity (Wildman–Crippen MR) is 70.1 cm³/mol. The zero-order chi connectivity index (χ0) is 13.0. The summed E-state index contributed by atoms with van der Waals surface area (Å²) in [5.74, 6) is 0.941. The first-order chi connectivity index (χ1) is 8.66. The lowest BCUT2D eigenvalue weighted by Gasteiger charge is -2.20. The average Bonchev–Trinajstić information content (AvgIpc) is 3.01. The van der Waals surface area contributed by atoms with Crippen LogP contribution in [0.2, 0.25) is 0 Å². The van der Waals surface area contributed by atoms with Crippen LogP contribution in [0.1, 0.15) is 51.3 Å². The quantitative estimate of drug-likeness (QED) is 0.843. The minimum Gasteiger partial charge on any atom is -0.468 e. The van der Waals surface area contributed by atoms with Gasteiger partial charge in [0.25, 0.3) is 0 Å². The van der Waals surface area contributed by atoms with Crippen molar-refractivity contribution in [2.24, 2.45) is 0 Å². The molecule has 4 nitrogen and oxygen atoms in total. The molecule has 100 valence electrons. The van der Waals surface area contributed by atoms with Gasteiger partial charge < -0.3 is 9.73 Å². The lowest BCUT2D eigenvalue weighted by atomic mass is 10.2. The highest BCUT2D eigenvalue weighted by Crippen LogP contribution is 2.18. The van der Waals surface area contributed by atoms with E-state index in [0.717, 1.165) is 18.6 Å². The van der Waals surface area contributed by atoms with Crippen molar-refractivity contribution in [1.29, 1.82) is 0 Å². The van der Waals surface area contributed by atoms with Gasteiger partial charge in [-0.25, -0.2) is 0 Å². The molecule has 0 aliphatic heterocycles. The van der Waals surface area contributed by atoms with Crippen LogP contribution in [0, 0.1) is 0 Å². The summed E-state index contributed by atoms with van der Waals surface area (Å²) in [6.07, 6.45) is 6.35. The number of carbonyl (C=O) groups excluding carboxylic acids is 1. The molecule has 2 rings (SSSR count). The number of hydrogen-bond acceptors (Lipinski definition) is 3. The number of rotatable bonds is 5. The number of nitrogens with one attached hydrogen (secondary N) is 2. The van der Waals surface area contributed by atoms with Gasteiger partial charge in [-0.3, -0.25) is 10.1 Å². The molecule has 0 bridgehead atoms. The zero-order valence-corrected chi connectivity index (χ0v) is 11.1. The molecule has 0 unspecified atom stereocenters. The molecule has 2 atom stereocenters. The van der Waals surface area contributed by atoms with Crippen molar-refractivity contribution >= 4 is 5.91 Å². The Labute approximate surface area is 108 Å². The summed E-state index contributed by atoms with van der Waals surface area (Å²) in [5.41, 5.74) is 0. The van der Waals surface area contributed by atoms with Gasteiger partial charge in [-0.05, 0) is 38.8 Å². The highest BCUT2D eigenvalue weighted by Gasteiger charge is 2.22. The van der Waals surface area contributed by atoms with Gasteiger partial charge in [0.15, 0.2) is 0 Å². The second-order valence-corrected chi connectivity index (χ2v) is 5.12. The molecule has 0 saturated heterocycles. The highest BCUT2D eigenvalue weighted by atomic mass is 16.3. The molecule has 4 heteroatoms. The van der Waals surface area contributed by atoms with Crippen LogP contribution in [0.3, 0.4) is 0 Å². The van der Waals surface area contributed by atoms with Gasteiger partial charge in [-0.1, -0.05) is 12.8 Å². The average molecular weight is 250 g/mol. The van der Waals surface area contributed by atoms with E-state index in [1.807, 2.05) is 26.0 Å². The van der Waals surface area contributed by atoms with E-state index in [1.165, 1.54) is 12.8 Å². The van der Waals surface area contributed by atoms with Gasteiger partial charge >= 0.3 is 0 Å². The monoisotopic (exact) mass is 250 g/mol. The summed E-state index contributed by atoms with van der Waals surface area (Å²) in [6, 6.07) is 3.99. The zero-order valence-electron chi connectivity index (χ0n) is 11.1. The largest absolute Gasteiger partial charge is 0.468 e. The summed E-state index contributed by atoms with van der Waals surface area (Å²) in [7, 11) is 0. The van der Waals surface area contributed by atoms with Crippen LogP contribution in [0.15, 0.2) is 22.8 Å². The van der Waals surface area contributed by atoms with Crippen LogP contribution in [0.25, 0.3) is 0 Å². The Morgan fingerprint density at radius 3 is 2.72 bits per heavy atom. The SMILES string of the molecule is C[C@H](N[C@@H](C)c1ccco1)C(=O)NC1CCCC1. The summed E-state index contributed by atoms with van der Waals surface area (Å²) in [4.78, 5) is 12.0. The van der Waals surface area contributed by atoms with Crippen molar-refractivity contribution in [2.45, 2.75) is 57.7 Å². The number of hydrogen-bond donors (Lipinski definition) is 2. The normalized spacial score (nSPS) is 19.7. The van der Waals surface area contributed by atoms with Crippen LogP contribution in [0.4, 0.5) is 0 Å². The molecule has 0 spiro atoms. The van der Waals surface area contributed by atoms with Crippen molar-refractivity contribution in [3.8, 4) is 0 Å². The second kappa shape index (κ2) is 6.05. The fraction of sp³-hybridized carbons (Fsp3) is 0.643. The molecule has 0 radical (unpaired) electrons. The third kappa shape index (κ3) is 3.35. The van der Waals surface area contributed by atoms with Crippen molar-refractivity contribution in [1.82, 2.24) is 10.6 Å². The van der Waals surface area contributed by atoms with E-state index in [-0.39, 0.29) is 18.0 Å². The topological polar surface area (TPSA) is 54.3 Å². The van der Waals surface area contributed by atoms with Crippen LogP contribution in [-0.2, 0) is 4.79 Å². The number of carbonyl (C=O) groups is 1. The first-order valence-electron chi connectivity index (χ1n) is 6.76. The molecule has 2 N–H and O–H groups in total. The number of amides is 1. The Bertz CT molecular complexity index is 369. The molecule has 1 aliphatic rings. The van der Waals surface area contributed by atoms with Crippen molar-refractivity contribution < 1.29 is 9.21 Å². The fourth-order valence-electron chi connectivity index (χ4n) is 2.47. The molecule has 1 amide bonds. The molecule has 1 saturated carbocycles. The van der Waals surface area contributed by atoms with Gasteiger partial charge in [0.1, 0.15) is 5.76 Å². The summed E-state index contributed by atoms with van der Waals surface area (Å²) < 4.78 is 5.32. The third-order valence-electron chi connectivity index (χ3n) is 3.56. The Kier molecular flexibility index (Phi) is 4.42. The molecular formula is C14H22N2O2. The van der Waals surface area contributed by atoms with Crippen LogP contribution >= 0.6 is 0 Å². The summed E-state index contributed by atoms with van der Waals surface area (Å²) in [5, 5.41) is 6.35. The lowest BCUT2D eigenvalue weighted by molar-refractivity contribution is -0.123. The Hall–Kier alpha value is -1.29. The molecule has 1 aromatic heterocycles. The van der Waals surface area contributed by atoms with E-state index >= 15 is 0 Å². The van der Waals surface area contributed by atoms with Gasteiger partial charge in [0.2, 0.25) is 5.91 Å². The van der Waals surface area contributed by atoms with E-state index in [2.05, 4.69) is 10.6 Å². The molecule has 1 aromatic rings. The van der Waals surface area contributed by atoms with Gasteiger partial charge in [-0.15, -0.1) is 0 Å². The van der Waals surface area contributed by atoms with Crippen molar-refractivity contribution in [2.75, 3.05) is 0 Å². The van der Waals surface area contributed by atoms with E-state index in [0.29, 0.717) is 6.04 Å². The summed E-state index contributed by atoms with van der Waals surface area (Å²) >= 11 is 0. The van der Waals surface area contributed by atoms with E-state index in [1.54, 1.807) is 6.26 Å². The molecule has 0 aromatic carbocycles. The maximum atomic E-state index is 12.0. The smallest absolute Gasteiger partial charge is 0.237 e. The lowest BCUT2D eigenvalue weighted by Crippen LogP contribution is -2.46. The minimum absolute atomic E-state index is 0.0457. The van der Waals surface area contributed by atoms with E-state index < -0.39 is 0 Å². The fourth-order valence-corrected chi connectivity index (χ4v) is 2.47. The van der Waals surface area contributed by atoms with Crippen LogP contribution in [-0.4, -0.2) is 18.0 Å². The molecule has 18 heavy (non-hydrogen) atoms. The highest BCUT2D eigenvalue weighted by molar-refractivity contribution is 5.81. The van der Waals surface area contributed by atoms with E-state index in [4.69, 9.17) is 4.42 Å². The van der Waals surface area contributed by atoms with Gasteiger partial charge in [0.05, 0.1) is 18.3 Å². The Morgan fingerprint density at radius 1 is 1.39 bits per heavy atom. The first kappa shape index (κ1) is 13.1. The molecule has 1 fully saturated rings. The first-order valence-corrected chi connectivity index (χ1v) is 6.76. The number of furan rings is 1. The third-order valence-corrected chi connectivity index (χ3v) is 3.56. The van der Waals surface area contributed by atoms with Gasteiger partial charge in [0, 0.05) is 6.04 Å². The van der Waals surface area contributed by atoms with Crippen LogP contribution in [0.5, 0.6) is 0 Å². The van der Waals surface area contributed by atoms with E-state index in [9.17, 15) is 4.79 Å². The molecule has 1 aliphatic carbocycles. The standard InChI is InChI=1S/C14H22N2O2/c1-10(13-8-5-9-18-13)15-11(2)14(17)16-12-6-3-4-7-12/h5,8-12,15H,3-4,6-7H2,1-2H3,(H,16,17)/t10-,11-/m0/s1. The minimum atomic E-state index is -0.203.